The first-order valence-corrected chi connectivity index (χ1v) is 17.5. The molecule has 7 heteroatoms. The second-order valence-electron chi connectivity index (χ2n) is 9.61. The average molecular weight is 599 g/mol. The molecule has 0 unspecified atom stereocenters. The Morgan fingerprint density at radius 3 is 0.698 bits per heavy atom. The summed E-state index contributed by atoms with van der Waals surface area (Å²) >= 11 is 0. The van der Waals surface area contributed by atoms with Crippen LogP contribution in [0.3, 0.4) is 0 Å². The molecule has 0 bridgehead atoms. The second-order valence-corrected chi connectivity index (χ2v) is 14.6. The van der Waals surface area contributed by atoms with Crippen molar-refractivity contribution in [3.63, 3.8) is 0 Å². The summed E-state index contributed by atoms with van der Waals surface area (Å²) in [5.41, 5.74) is 0. The van der Waals surface area contributed by atoms with Crippen molar-refractivity contribution in [1.82, 2.24) is 0 Å². The van der Waals surface area contributed by atoms with E-state index in [2.05, 4.69) is 0 Å². The molecule has 0 amide bonds. The van der Waals surface area contributed by atoms with Gasteiger partial charge in [0.05, 0.1) is 0 Å². The number of hydrogen-bond donors (Lipinski definition) is 0. The van der Waals surface area contributed by atoms with Crippen molar-refractivity contribution in [2.24, 2.45) is 0 Å². The Hall–Kier alpha value is -5.09. The molecule has 0 fully saturated rings. The monoisotopic (exact) mass is 598 g/mol. The first-order valence-electron chi connectivity index (χ1n) is 14.0. The molecule has 0 N–H and O–H groups in total. The summed E-state index contributed by atoms with van der Waals surface area (Å²) in [4.78, 5) is 0. The van der Waals surface area contributed by atoms with Gasteiger partial charge in [-0.2, -0.15) is 0 Å². The van der Waals surface area contributed by atoms with E-state index < -0.39 is 17.6 Å². The SMILES string of the molecule is c1ccc(O[Si](Oc2ccccc2)(O[Si](Oc2ccccc2)(Oc2ccccc2)c2ccccc2)c2ccccc2)cc1. The minimum absolute atomic E-state index is 0.601. The zero-order chi connectivity index (χ0) is 29.2. The van der Waals surface area contributed by atoms with Crippen LogP contribution in [0.4, 0.5) is 0 Å². The Bertz CT molecular complexity index is 1460. The van der Waals surface area contributed by atoms with Crippen LogP contribution in [-0.4, -0.2) is 17.6 Å². The molecule has 0 aliphatic heterocycles. The van der Waals surface area contributed by atoms with Crippen LogP contribution in [0, 0.1) is 0 Å². The zero-order valence-corrected chi connectivity index (χ0v) is 25.4. The lowest BCUT2D eigenvalue weighted by Crippen LogP contribution is -2.74. The van der Waals surface area contributed by atoms with E-state index in [1.54, 1.807) is 0 Å². The van der Waals surface area contributed by atoms with Gasteiger partial charge in [0.1, 0.15) is 23.0 Å². The van der Waals surface area contributed by atoms with Crippen molar-refractivity contribution in [2.75, 3.05) is 0 Å². The smallest absolute Gasteiger partial charge is 0.489 e. The molecule has 0 saturated heterocycles. The minimum atomic E-state index is -3.97. The Balaban J connectivity index is 1.59. The molecule has 0 aliphatic carbocycles. The van der Waals surface area contributed by atoms with Crippen molar-refractivity contribution in [3.8, 4) is 23.0 Å². The van der Waals surface area contributed by atoms with Crippen molar-refractivity contribution in [2.45, 2.75) is 0 Å². The maximum Gasteiger partial charge on any atom is 0.663 e. The van der Waals surface area contributed by atoms with Crippen LogP contribution in [0.15, 0.2) is 182 Å². The molecule has 0 radical (unpaired) electrons. The molecule has 5 nitrogen and oxygen atoms in total. The van der Waals surface area contributed by atoms with Crippen LogP contribution < -0.4 is 28.1 Å². The largest absolute Gasteiger partial charge is 0.663 e. The highest BCUT2D eigenvalue weighted by atomic mass is 28.5. The van der Waals surface area contributed by atoms with E-state index in [-0.39, 0.29) is 0 Å². The van der Waals surface area contributed by atoms with Gasteiger partial charge >= 0.3 is 17.6 Å². The lowest BCUT2D eigenvalue weighted by molar-refractivity contribution is 0.203. The quantitative estimate of drug-likeness (QED) is 0.142. The Labute approximate surface area is 254 Å². The summed E-state index contributed by atoms with van der Waals surface area (Å²) in [5.74, 6) is 2.40. The molecule has 0 heterocycles. The fourth-order valence-electron chi connectivity index (χ4n) is 4.51. The maximum atomic E-state index is 7.40. The summed E-state index contributed by atoms with van der Waals surface area (Å²) in [6, 6.07) is 57.9. The van der Waals surface area contributed by atoms with E-state index in [0.717, 1.165) is 10.4 Å². The number of para-hydroxylation sites is 4. The standard InChI is InChI=1S/C36H30O5Si2/c1-7-19-31(20-8-1)37-42(35-27-15-5-16-28-35,38-32-21-9-2-10-22-32)41-43(36-29-17-6-18-30-36,39-33-23-11-3-12-24-33)40-34-25-13-4-14-26-34/h1-30H. The van der Waals surface area contributed by atoms with Gasteiger partial charge < -0.3 is 21.8 Å². The summed E-state index contributed by atoms with van der Waals surface area (Å²) in [7, 11) is -7.93. The predicted octanol–water partition coefficient (Wildman–Crippen LogP) is 7.01. The highest BCUT2D eigenvalue weighted by Gasteiger charge is 2.63. The number of hydrogen-bond acceptors (Lipinski definition) is 5. The third-order valence-electron chi connectivity index (χ3n) is 6.51. The first-order chi connectivity index (χ1) is 21.2. The summed E-state index contributed by atoms with van der Waals surface area (Å²) in [5, 5.41) is 1.51. The van der Waals surface area contributed by atoms with Gasteiger partial charge in [-0.05, 0) is 48.5 Å². The average Bonchev–Trinajstić information content (AvgIpc) is 3.07. The molecule has 212 valence electrons. The van der Waals surface area contributed by atoms with E-state index in [9.17, 15) is 0 Å². The Morgan fingerprint density at radius 1 is 0.256 bits per heavy atom. The summed E-state index contributed by atoms with van der Waals surface area (Å²) < 4.78 is 35.1. The normalized spacial score (nSPS) is 11.3. The van der Waals surface area contributed by atoms with Gasteiger partial charge in [-0.1, -0.05) is 133 Å². The zero-order valence-electron chi connectivity index (χ0n) is 23.4. The molecule has 0 atom stereocenters. The molecule has 6 aromatic carbocycles. The summed E-state index contributed by atoms with van der Waals surface area (Å²) in [6.07, 6.45) is 0. The van der Waals surface area contributed by atoms with Crippen LogP contribution >= 0.6 is 0 Å². The predicted molar refractivity (Wildman–Crippen MR) is 173 cm³/mol. The number of rotatable bonds is 12. The fraction of sp³-hybridized carbons (Fsp3) is 0. The van der Waals surface area contributed by atoms with Crippen molar-refractivity contribution < 1.29 is 21.8 Å². The molecule has 0 aromatic heterocycles. The van der Waals surface area contributed by atoms with Gasteiger partial charge in [0, 0.05) is 10.4 Å². The molecule has 6 aromatic rings. The van der Waals surface area contributed by atoms with E-state index >= 15 is 0 Å². The lowest BCUT2D eigenvalue weighted by atomic mass is 10.3. The van der Waals surface area contributed by atoms with Crippen molar-refractivity contribution in [3.05, 3.63) is 182 Å². The van der Waals surface area contributed by atoms with Crippen molar-refractivity contribution in [1.29, 1.82) is 0 Å². The van der Waals surface area contributed by atoms with Gasteiger partial charge in [-0.15, -0.1) is 0 Å². The summed E-state index contributed by atoms with van der Waals surface area (Å²) in [6.45, 7) is 0. The maximum absolute atomic E-state index is 7.40. The molecule has 0 saturated carbocycles. The Kier molecular flexibility index (Phi) is 8.65. The topological polar surface area (TPSA) is 46.2 Å². The molecular formula is C36H30O5Si2. The van der Waals surface area contributed by atoms with Crippen LogP contribution in [0.5, 0.6) is 23.0 Å². The number of benzene rings is 6. The minimum Gasteiger partial charge on any atom is -0.489 e. The van der Waals surface area contributed by atoms with E-state index in [1.165, 1.54) is 0 Å². The second kappa shape index (κ2) is 13.3. The molecule has 0 aliphatic rings. The van der Waals surface area contributed by atoms with Crippen LogP contribution in [0.1, 0.15) is 0 Å². The van der Waals surface area contributed by atoms with Gasteiger partial charge in [0.15, 0.2) is 0 Å². The molecular weight excluding hydrogens is 569 g/mol. The molecule has 43 heavy (non-hydrogen) atoms. The van der Waals surface area contributed by atoms with Gasteiger partial charge in [0.2, 0.25) is 0 Å². The van der Waals surface area contributed by atoms with Crippen LogP contribution in [-0.2, 0) is 4.12 Å². The van der Waals surface area contributed by atoms with Gasteiger partial charge in [0.25, 0.3) is 0 Å². The van der Waals surface area contributed by atoms with Crippen LogP contribution in [0.2, 0.25) is 0 Å². The van der Waals surface area contributed by atoms with Crippen molar-refractivity contribution >= 4 is 28.0 Å². The van der Waals surface area contributed by atoms with Crippen LogP contribution in [0.25, 0.3) is 0 Å². The van der Waals surface area contributed by atoms with E-state index in [0.29, 0.717) is 23.0 Å². The highest BCUT2D eigenvalue weighted by Crippen LogP contribution is 2.28. The van der Waals surface area contributed by atoms with E-state index in [1.807, 2.05) is 182 Å². The van der Waals surface area contributed by atoms with E-state index in [4.69, 9.17) is 21.8 Å². The Morgan fingerprint density at radius 2 is 0.465 bits per heavy atom. The van der Waals surface area contributed by atoms with Gasteiger partial charge in [-0.25, -0.2) is 0 Å². The van der Waals surface area contributed by atoms with Gasteiger partial charge in [-0.3, -0.25) is 0 Å². The third-order valence-corrected chi connectivity index (χ3v) is 12.8. The molecule has 0 spiro atoms. The lowest BCUT2D eigenvalue weighted by Gasteiger charge is -2.38. The third kappa shape index (κ3) is 6.87. The fourth-order valence-corrected chi connectivity index (χ4v) is 11.1. The molecule has 6 rings (SSSR count). The first kappa shape index (κ1) is 28.1. The highest BCUT2D eigenvalue weighted by molar-refractivity contribution is 6.89.